The fraction of sp³-hybridized carbons (Fsp3) is 0.438. The van der Waals surface area contributed by atoms with Crippen molar-refractivity contribution in [2.75, 3.05) is 0 Å². The van der Waals surface area contributed by atoms with E-state index >= 15 is 0 Å². The van der Waals surface area contributed by atoms with Crippen molar-refractivity contribution in [3.05, 3.63) is 36.0 Å². The topological polar surface area (TPSA) is 22.0 Å². The van der Waals surface area contributed by atoms with E-state index in [4.69, 9.17) is 0 Å². The summed E-state index contributed by atoms with van der Waals surface area (Å²) in [7, 11) is 0. The quantitative estimate of drug-likeness (QED) is 0.789. The van der Waals surface area contributed by atoms with Gasteiger partial charge in [-0.25, -0.2) is 0 Å². The van der Waals surface area contributed by atoms with Gasteiger partial charge in [0.1, 0.15) is 5.78 Å². The van der Waals surface area contributed by atoms with Crippen LogP contribution < -0.4 is 0 Å². The van der Waals surface area contributed by atoms with Crippen molar-refractivity contribution in [2.24, 2.45) is 11.8 Å². The van der Waals surface area contributed by atoms with E-state index in [0.29, 0.717) is 5.78 Å². The van der Waals surface area contributed by atoms with Gasteiger partial charge in [-0.2, -0.15) is 0 Å². The van der Waals surface area contributed by atoms with E-state index in [1.165, 1.54) is 16.6 Å². The summed E-state index contributed by atoms with van der Waals surface area (Å²) >= 11 is 0. The predicted molar refractivity (Wildman–Crippen MR) is 73.6 cm³/mol. The zero-order valence-electron chi connectivity index (χ0n) is 11.0. The lowest BCUT2D eigenvalue weighted by Gasteiger charge is -2.25. The third-order valence-electron chi connectivity index (χ3n) is 4.02. The number of fused-ring (bicyclic) bond motifs is 3. The van der Waals surface area contributed by atoms with Crippen LogP contribution in [-0.4, -0.2) is 10.4 Å². The van der Waals surface area contributed by atoms with E-state index < -0.39 is 0 Å². The number of ketones is 1. The number of Topliss-reactive ketones (excluding diaryl/α,β-unsaturated/α-hetero) is 1. The third kappa shape index (κ3) is 1.76. The molecule has 2 heteroatoms. The molecule has 1 aromatic heterocycles. The molecule has 94 valence electrons. The average Bonchev–Trinajstić information content (AvgIpc) is 2.75. The lowest BCUT2D eigenvalue weighted by atomic mass is 9.88. The Hall–Kier alpha value is -1.57. The molecule has 2 nitrogen and oxygen atoms in total. The van der Waals surface area contributed by atoms with Crippen LogP contribution in [0.2, 0.25) is 0 Å². The van der Waals surface area contributed by atoms with Gasteiger partial charge in [-0.05, 0) is 30.4 Å². The van der Waals surface area contributed by atoms with E-state index in [1.54, 1.807) is 0 Å². The van der Waals surface area contributed by atoms with Crippen LogP contribution in [-0.2, 0) is 17.8 Å². The van der Waals surface area contributed by atoms with Crippen molar-refractivity contribution in [1.29, 1.82) is 0 Å². The van der Waals surface area contributed by atoms with Crippen LogP contribution in [0.1, 0.15) is 26.0 Å². The number of aryl methyl sites for hydroxylation is 1. The summed E-state index contributed by atoms with van der Waals surface area (Å²) in [6.45, 7) is 4.87. The predicted octanol–water partition coefficient (Wildman–Crippen LogP) is 3.43. The minimum atomic E-state index is 0.151. The molecule has 1 aliphatic rings. The van der Waals surface area contributed by atoms with Crippen LogP contribution in [0.3, 0.4) is 0 Å². The highest BCUT2D eigenvalue weighted by Crippen LogP contribution is 2.29. The van der Waals surface area contributed by atoms with Crippen molar-refractivity contribution >= 4 is 16.7 Å². The molecule has 1 atom stereocenters. The molecular weight excluding hydrogens is 222 g/mol. The molecule has 2 aromatic rings. The molecule has 0 bridgehead atoms. The molecular formula is C16H19NO. The molecule has 0 aliphatic carbocycles. The van der Waals surface area contributed by atoms with Gasteiger partial charge in [0.15, 0.2) is 0 Å². The highest BCUT2D eigenvalue weighted by molar-refractivity contribution is 5.85. The monoisotopic (exact) mass is 241 g/mol. The number of hydrogen-bond donors (Lipinski definition) is 0. The van der Waals surface area contributed by atoms with Gasteiger partial charge in [0.05, 0.1) is 0 Å². The molecule has 0 fully saturated rings. The second-order valence-corrected chi connectivity index (χ2v) is 5.60. The summed E-state index contributed by atoms with van der Waals surface area (Å²) in [6.07, 6.45) is 2.03. The van der Waals surface area contributed by atoms with E-state index in [-0.39, 0.29) is 11.8 Å². The molecule has 2 heterocycles. The van der Waals surface area contributed by atoms with Gasteiger partial charge in [-0.15, -0.1) is 0 Å². The van der Waals surface area contributed by atoms with Crippen molar-refractivity contribution in [2.45, 2.75) is 33.2 Å². The van der Waals surface area contributed by atoms with Crippen LogP contribution >= 0.6 is 0 Å². The Labute approximate surface area is 108 Å². The van der Waals surface area contributed by atoms with Gasteiger partial charge >= 0.3 is 0 Å². The lowest BCUT2D eigenvalue weighted by molar-refractivity contribution is -0.126. The Bertz CT molecular complexity index is 594. The maximum Gasteiger partial charge on any atom is 0.140 e. The van der Waals surface area contributed by atoms with E-state index in [0.717, 1.165) is 19.4 Å². The molecule has 0 radical (unpaired) electrons. The van der Waals surface area contributed by atoms with Crippen molar-refractivity contribution in [1.82, 2.24) is 4.57 Å². The standard InChI is InChI=1S/C16H19NO/c1-11(2)16(18)13-7-8-14-9-12-5-3-4-6-15(12)17(14)10-13/h3-6,9,11,13H,7-8,10H2,1-2H3. The number of hydrogen-bond acceptors (Lipinski definition) is 1. The number of benzene rings is 1. The highest BCUT2D eigenvalue weighted by atomic mass is 16.1. The molecule has 0 saturated carbocycles. The molecule has 18 heavy (non-hydrogen) atoms. The SMILES string of the molecule is CC(C)C(=O)C1CCc2cc3ccccc3n2C1. The zero-order valence-corrected chi connectivity index (χ0v) is 11.0. The van der Waals surface area contributed by atoms with Gasteiger partial charge in [0, 0.05) is 29.6 Å². The first-order valence-corrected chi connectivity index (χ1v) is 6.77. The summed E-state index contributed by atoms with van der Waals surface area (Å²) in [4.78, 5) is 12.2. The Morgan fingerprint density at radius 2 is 2.11 bits per heavy atom. The van der Waals surface area contributed by atoms with E-state index in [9.17, 15) is 4.79 Å². The van der Waals surface area contributed by atoms with Crippen LogP contribution in [0.5, 0.6) is 0 Å². The van der Waals surface area contributed by atoms with Crippen LogP contribution in [0.4, 0.5) is 0 Å². The summed E-state index contributed by atoms with van der Waals surface area (Å²) < 4.78 is 2.34. The van der Waals surface area contributed by atoms with Crippen LogP contribution in [0.25, 0.3) is 10.9 Å². The summed E-state index contributed by atoms with van der Waals surface area (Å²) in [6, 6.07) is 10.7. The largest absolute Gasteiger partial charge is 0.344 e. The number of carbonyl (C=O) groups is 1. The molecule has 0 N–H and O–H groups in total. The molecule has 1 unspecified atom stereocenters. The molecule has 1 aliphatic heterocycles. The van der Waals surface area contributed by atoms with Gasteiger partial charge in [0.2, 0.25) is 0 Å². The third-order valence-corrected chi connectivity index (χ3v) is 4.02. The second kappa shape index (κ2) is 4.27. The van der Waals surface area contributed by atoms with Crippen molar-refractivity contribution in [3.8, 4) is 0 Å². The Morgan fingerprint density at radius 3 is 2.89 bits per heavy atom. The summed E-state index contributed by atoms with van der Waals surface area (Å²) in [5.41, 5.74) is 2.65. The Balaban J connectivity index is 1.99. The van der Waals surface area contributed by atoms with Gasteiger partial charge < -0.3 is 4.57 Å². The fourth-order valence-electron chi connectivity index (χ4n) is 3.03. The van der Waals surface area contributed by atoms with E-state index in [1.807, 2.05) is 13.8 Å². The first-order chi connectivity index (χ1) is 8.66. The minimum Gasteiger partial charge on any atom is -0.344 e. The first kappa shape index (κ1) is 11.5. The van der Waals surface area contributed by atoms with Crippen LogP contribution in [0, 0.1) is 11.8 Å². The number of rotatable bonds is 2. The average molecular weight is 241 g/mol. The van der Waals surface area contributed by atoms with Crippen LogP contribution in [0.15, 0.2) is 30.3 Å². The Morgan fingerprint density at radius 1 is 1.33 bits per heavy atom. The maximum absolute atomic E-state index is 12.2. The normalized spacial score (nSPS) is 19.2. The molecule has 0 amide bonds. The number of carbonyl (C=O) groups excluding carboxylic acids is 1. The number of para-hydroxylation sites is 1. The summed E-state index contributed by atoms with van der Waals surface area (Å²) in [5.74, 6) is 0.769. The highest BCUT2D eigenvalue weighted by Gasteiger charge is 2.26. The number of nitrogens with zero attached hydrogens (tertiary/aromatic N) is 1. The van der Waals surface area contributed by atoms with Crippen molar-refractivity contribution < 1.29 is 4.79 Å². The van der Waals surface area contributed by atoms with Gasteiger partial charge in [-0.1, -0.05) is 32.0 Å². The zero-order chi connectivity index (χ0) is 12.7. The summed E-state index contributed by atoms with van der Waals surface area (Å²) in [5, 5.41) is 1.30. The Kier molecular flexibility index (Phi) is 2.73. The maximum atomic E-state index is 12.2. The molecule has 3 rings (SSSR count). The van der Waals surface area contributed by atoms with Gasteiger partial charge in [-0.3, -0.25) is 4.79 Å². The van der Waals surface area contributed by atoms with Gasteiger partial charge in [0.25, 0.3) is 0 Å². The first-order valence-electron chi connectivity index (χ1n) is 6.77. The fourth-order valence-corrected chi connectivity index (χ4v) is 3.03. The van der Waals surface area contributed by atoms with Crippen molar-refractivity contribution in [3.63, 3.8) is 0 Å². The molecule has 0 spiro atoms. The molecule has 1 aromatic carbocycles. The second-order valence-electron chi connectivity index (χ2n) is 5.60. The molecule has 0 saturated heterocycles. The lowest BCUT2D eigenvalue weighted by Crippen LogP contribution is -2.29. The van der Waals surface area contributed by atoms with E-state index in [2.05, 4.69) is 34.9 Å². The number of aromatic nitrogens is 1. The smallest absolute Gasteiger partial charge is 0.140 e. The minimum absolute atomic E-state index is 0.151.